The van der Waals surface area contributed by atoms with Crippen LogP contribution in [0.3, 0.4) is 0 Å². The lowest BCUT2D eigenvalue weighted by Crippen LogP contribution is -2.10. The van der Waals surface area contributed by atoms with Crippen LogP contribution in [0.1, 0.15) is 35.6 Å². The van der Waals surface area contributed by atoms with Gasteiger partial charge >= 0.3 is 5.97 Å². The predicted octanol–water partition coefficient (Wildman–Crippen LogP) is 3.71. The Bertz CT molecular complexity index is 695. The number of ether oxygens (including phenoxy) is 2. The van der Waals surface area contributed by atoms with E-state index in [2.05, 4.69) is 18.9 Å². The number of hydrogen-bond acceptors (Lipinski definition) is 4. The molecule has 2 aromatic rings. The van der Waals surface area contributed by atoms with E-state index in [0.717, 1.165) is 17.0 Å². The fourth-order valence-electron chi connectivity index (χ4n) is 2.10. The van der Waals surface area contributed by atoms with Crippen LogP contribution in [-0.4, -0.2) is 29.5 Å². The first-order valence-corrected chi connectivity index (χ1v) is 7.82. The van der Waals surface area contributed by atoms with E-state index in [1.165, 1.54) is 7.11 Å². The highest BCUT2D eigenvalue weighted by molar-refractivity contribution is 6.30. The largest absolute Gasteiger partial charge is 0.493 e. The summed E-state index contributed by atoms with van der Waals surface area (Å²) >= 11 is 6.10. The van der Waals surface area contributed by atoms with Crippen molar-refractivity contribution < 1.29 is 14.3 Å². The summed E-state index contributed by atoms with van der Waals surface area (Å²) in [5.41, 5.74) is 2.07. The molecule has 6 heteroatoms. The predicted molar refractivity (Wildman–Crippen MR) is 89.2 cm³/mol. The molecule has 0 fully saturated rings. The molecule has 0 unspecified atom stereocenters. The molecule has 124 valence electrons. The molecule has 0 amide bonds. The molecule has 1 aromatic heterocycles. The highest BCUT2D eigenvalue weighted by Gasteiger charge is 2.14. The molecule has 2 rings (SSSR count). The smallest absolute Gasteiger partial charge is 0.358 e. The topological polar surface area (TPSA) is 53.4 Å². The fraction of sp³-hybridized carbons (Fsp3) is 0.412. The van der Waals surface area contributed by atoms with E-state index in [0.29, 0.717) is 24.1 Å². The van der Waals surface area contributed by atoms with Gasteiger partial charge in [-0.1, -0.05) is 25.4 Å². The van der Waals surface area contributed by atoms with Gasteiger partial charge in [-0.2, -0.15) is 5.10 Å². The zero-order chi connectivity index (χ0) is 17.0. The monoisotopic (exact) mass is 336 g/mol. The summed E-state index contributed by atoms with van der Waals surface area (Å²) in [5.74, 6) is 0.753. The van der Waals surface area contributed by atoms with E-state index < -0.39 is 5.97 Å². The lowest BCUT2D eigenvalue weighted by molar-refractivity contribution is 0.0593. The number of esters is 1. The summed E-state index contributed by atoms with van der Waals surface area (Å²) in [7, 11) is 1.34. The van der Waals surface area contributed by atoms with E-state index in [1.807, 2.05) is 19.1 Å². The van der Waals surface area contributed by atoms with Gasteiger partial charge in [0.2, 0.25) is 0 Å². The number of halogens is 1. The van der Waals surface area contributed by atoms with Crippen molar-refractivity contribution in [3.05, 3.63) is 46.2 Å². The summed E-state index contributed by atoms with van der Waals surface area (Å²) in [6, 6.07) is 7.22. The number of carbonyl (C=O) groups is 1. The van der Waals surface area contributed by atoms with Gasteiger partial charge in [-0.05, 0) is 37.1 Å². The zero-order valence-corrected chi connectivity index (χ0v) is 14.6. The molecule has 0 atom stereocenters. The summed E-state index contributed by atoms with van der Waals surface area (Å²) in [4.78, 5) is 11.6. The molecule has 0 aliphatic rings. The van der Waals surface area contributed by atoms with E-state index in [9.17, 15) is 4.79 Å². The van der Waals surface area contributed by atoms with Gasteiger partial charge in [0, 0.05) is 16.3 Å². The minimum Gasteiger partial charge on any atom is -0.493 e. The Labute approximate surface area is 141 Å². The van der Waals surface area contributed by atoms with Gasteiger partial charge in [-0.3, -0.25) is 4.68 Å². The Morgan fingerprint density at radius 3 is 2.74 bits per heavy atom. The molecular formula is C17H21ClN2O3. The molecular weight excluding hydrogens is 316 g/mol. The van der Waals surface area contributed by atoms with Crippen molar-refractivity contribution in [1.29, 1.82) is 0 Å². The van der Waals surface area contributed by atoms with Gasteiger partial charge in [0.15, 0.2) is 5.69 Å². The summed E-state index contributed by atoms with van der Waals surface area (Å²) in [6.07, 6.45) is 0. The first kappa shape index (κ1) is 17.3. The molecule has 0 saturated heterocycles. The highest BCUT2D eigenvalue weighted by atomic mass is 35.5. The molecule has 0 saturated carbocycles. The van der Waals surface area contributed by atoms with Crippen molar-refractivity contribution >= 4 is 17.6 Å². The standard InChI is InChI=1S/C17H21ClN2O3/c1-11(2)10-23-16-6-5-14(18)8-13(16)9-20-12(3)7-15(19-20)17(21)22-4/h5-8,11H,9-10H2,1-4H3. The molecule has 0 N–H and O–H groups in total. The van der Waals surface area contributed by atoms with Crippen LogP contribution in [-0.2, 0) is 11.3 Å². The van der Waals surface area contributed by atoms with Crippen LogP contribution in [0.25, 0.3) is 0 Å². The molecule has 1 heterocycles. The van der Waals surface area contributed by atoms with Crippen molar-refractivity contribution in [2.24, 2.45) is 5.92 Å². The third-order valence-corrected chi connectivity index (χ3v) is 3.53. The van der Waals surface area contributed by atoms with E-state index in [4.69, 9.17) is 21.1 Å². The average Bonchev–Trinajstić information content (AvgIpc) is 2.86. The fourth-order valence-corrected chi connectivity index (χ4v) is 2.30. The minimum atomic E-state index is -0.450. The van der Waals surface area contributed by atoms with Crippen molar-refractivity contribution in [2.75, 3.05) is 13.7 Å². The number of aryl methyl sites for hydroxylation is 1. The Morgan fingerprint density at radius 2 is 2.09 bits per heavy atom. The molecule has 0 bridgehead atoms. The number of hydrogen-bond donors (Lipinski definition) is 0. The van der Waals surface area contributed by atoms with Crippen molar-refractivity contribution in [1.82, 2.24) is 9.78 Å². The molecule has 0 aliphatic heterocycles. The first-order valence-electron chi connectivity index (χ1n) is 7.44. The van der Waals surface area contributed by atoms with Crippen LogP contribution in [0.5, 0.6) is 5.75 Å². The third kappa shape index (κ3) is 4.48. The summed E-state index contributed by atoms with van der Waals surface area (Å²) < 4.78 is 12.3. The van der Waals surface area contributed by atoms with Gasteiger partial charge in [0.25, 0.3) is 0 Å². The lowest BCUT2D eigenvalue weighted by atomic mass is 10.2. The van der Waals surface area contributed by atoms with Gasteiger partial charge in [-0.25, -0.2) is 4.79 Å². The normalized spacial score (nSPS) is 10.9. The average molecular weight is 337 g/mol. The van der Waals surface area contributed by atoms with E-state index in [1.54, 1.807) is 16.8 Å². The van der Waals surface area contributed by atoms with E-state index >= 15 is 0 Å². The zero-order valence-electron chi connectivity index (χ0n) is 13.8. The van der Waals surface area contributed by atoms with Gasteiger partial charge in [0.1, 0.15) is 5.75 Å². The molecule has 5 nitrogen and oxygen atoms in total. The van der Waals surface area contributed by atoms with Crippen LogP contribution in [0.2, 0.25) is 5.02 Å². The lowest BCUT2D eigenvalue weighted by Gasteiger charge is -2.14. The summed E-state index contributed by atoms with van der Waals surface area (Å²) in [6.45, 7) is 7.17. The number of nitrogens with zero attached hydrogens (tertiary/aromatic N) is 2. The second-order valence-corrected chi connectivity index (χ2v) is 6.21. The second kappa shape index (κ2) is 7.51. The number of carbonyl (C=O) groups excluding carboxylic acids is 1. The van der Waals surface area contributed by atoms with Crippen LogP contribution < -0.4 is 4.74 Å². The van der Waals surface area contributed by atoms with Crippen LogP contribution >= 0.6 is 11.6 Å². The second-order valence-electron chi connectivity index (χ2n) is 5.78. The summed E-state index contributed by atoms with van der Waals surface area (Å²) in [5, 5.41) is 4.92. The number of rotatable bonds is 6. The van der Waals surface area contributed by atoms with Crippen molar-refractivity contribution in [3.63, 3.8) is 0 Å². The third-order valence-electron chi connectivity index (χ3n) is 3.29. The van der Waals surface area contributed by atoms with Gasteiger partial charge < -0.3 is 9.47 Å². The molecule has 1 aromatic carbocycles. The Morgan fingerprint density at radius 1 is 1.35 bits per heavy atom. The highest BCUT2D eigenvalue weighted by Crippen LogP contribution is 2.25. The number of benzene rings is 1. The first-order chi connectivity index (χ1) is 10.9. The van der Waals surface area contributed by atoms with Crippen molar-refractivity contribution in [3.8, 4) is 5.75 Å². The maximum atomic E-state index is 11.6. The number of methoxy groups -OCH3 is 1. The quantitative estimate of drug-likeness (QED) is 0.754. The molecule has 0 spiro atoms. The van der Waals surface area contributed by atoms with Crippen molar-refractivity contribution in [2.45, 2.75) is 27.3 Å². The number of aromatic nitrogens is 2. The van der Waals surface area contributed by atoms with Crippen LogP contribution in [0.4, 0.5) is 0 Å². The maximum absolute atomic E-state index is 11.6. The Hall–Kier alpha value is -2.01. The minimum absolute atomic E-state index is 0.289. The molecule has 23 heavy (non-hydrogen) atoms. The van der Waals surface area contributed by atoms with Gasteiger partial charge in [-0.15, -0.1) is 0 Å². The Kier molecular flexibility index (Phi) is 5.66. The van der Waals surface area contributed by atoms with Crippen LogP contribution in [0, 0.1) is 12.8 Å². The van der Waals surface area contributed by atoms with E-state index in [-0.39, 0.29) is 5.69 Å². The van der Waals surface area contributed by atoms with Gasteiger partial charge in [0.05, 0.1) is 20.3 Å². The maximum Gasteiger partial charge on any atom is 0.358 e. The molecule has 0 aliphatic carbocycles. The SMILES string of the molecule is COC(=O)c1cc(C)n(Cc2cc(Cl)ccc2OCC(C)C)n1. The Balaban J connectivity index is 2.26. The van der Waals surface area contributed by atoms with Crippen LogP contribution in [0.15, 0.2) is 24.3 Å². The molecule has 0 radical (unpaired) electrons.